The highest BCUT2D eigenvalue weighted by Gasteiger charge is 2.38. The van der Waals surface area contributed by atoms with Crippen molar-refractivity contribution in [1.29, 1.82) is 0 Å². The maximum absolute atomic E-state index is 12.1. The first-order valence-electron chi connectivity index (χ1n) is 4.46. The van der Waals surface area contributed by atoms with E-state index in [9.17, 15) is 4.39 Å². The lowest BCUT2D eigenvalue weighted by molar-refractivity contribution is 0.273. The molecule has 3 heteroatoms. The molecule has 2 nitrogen and oxygen atoms in total. The molecule has 0 spiro atoms. The Labute approximate surface area is 76.4 Å². The first-order chi connectivity index (χ1) is 6.35. The maximum atomic E-state index is 12.1. The van der Waals surface area contributed by atoms with Gasteiger partial charge in [-0.1, -0.05) is 6.07 Å². The van der Waals surface area contributed by atoms with Crippen LogP contribution < -0.4 is 0 Å². The summed E-state index contributed by atoms with van der Waals surface area (Å²) in [7, 11) is 0. The number of hydrogen-bond donors (Lipinski definition) is 1. The van der Waals surface area contributed by atoms with E-state index in [4.69, 9.17) is 5.11 Å². The Morgan fingerprint density at radius 1 is 1.54 bits per heavy atom. The summed E-state index contributed by atoms with van der Waals surface area (Å²) in [4.78, 5) is 4.16. The Kier molecular flexibility index (Phi) is 2.27. The van der Waals surface area contributed by atoms with Gasteiger partial charge in [0.25, 0.3) is 0 Å². The van der Waals surface area contributed by atoms with Gasteiger partial charge in [0, 0.05) is 30.0 Å². The summed E-state index contributed by atoms with van der Waals surface area (Å²) < 4.78 is 12.1. The molecule has 1 saturated carbocycles. The number of rotatable bonds is 3. The topological polar surface area (TPSA) is 33.1 Å². The van der Waals surface area contributed by atoms with Crippen LogP contribution in [0.3, 0.4) is 0 Å². The molecule has 13 heavy (non-hydrogen) atoms. The van der Waals surface area contributed by atoms with Crippen molar-refractivity contribution < 1.29 is 9.50 Å². The molecule has 0 radical (unpaired) electrons. The van der Waals surface area contributed by atoms with E-state index in [0.29, 0.717) is 17.4 Å². The monoisotopic (exact) mass is 181 g/mol. The standard InChI is InChI=1S/C10H12FNO/c11-4-7-1-2-10(12-5-7)9-3-8(9)6-13/h1-2,5,8-9,13H,3-4,6H2/t8-,9+/m1/s1. The second-order valence-corrected chi connectivity index (χ2v) is 3.51. The highest BCUT2D eigenvalue weighted by Crippen LogP contribution is 2.45. The van der Waals surface area contributed by atoms with E-state index in [1.807, 2.05) is 6.07 Å². The van der Waals surface area contributed by atoms with Crippen LogP contribution in [-0.2, 0) is 6.67 Å². The minimum absolute atomic E-state index is 0.233. The fraction of sp³-hybridized carbons (Fsp3) is 0.500. The van der Waals surface area contributed by atoms with Crippen LogP contribution in [-0.4, -0.2) is 16.7 Å². The molecule has 0 amide bonds. The molecule has 1 heterocycles. The number of aliphatic hydroxyl groups excluding tert-OH is 1. The third-order valence-electron chi connectivity index (χ3n) is 2.54. The van der Waals surface area contributed by atoms with Gasteiger partial charge in [0.05, 0.1) is 0 Å². The Bertz CT molecular complexity index is 285. The summed E-state index contributed by atoms with van der Waals surface area (Å²) >= 11 is 0. The molecule has 0 saturated heterocycles. The summed E-state index contributed by atoms with van der Waals surface area (Å²) in [5.74, 6) is 0.780. The van der Waals surface area contributed by atoms with Crippen molar-refractivity contribution in [3.05, 3.63) is 29.6 Å². The average molecular weight is 181 g/mol. The molecule has 1 fully saturated rings. The maximum Gasteiger partial charge on any atom is 0.116 e. The van der Waals surface area contributed by atoms with Crippen molar-refractivity contribution in [2.75, 3.05) is 6.61 Å². The van der Waals surface area contributed by atoms with Crippen molar-refractivity contribution in [1.82, 2.24) is 4.98 Å². The summed E-state index contributed by atoms with van der Waals surface area (Å²) in [5, 5.41) is 8.85. The lowest BCUT2D eigenvalue weighted by Crippen LogP contribution is -1.92. The van der Waals surface area contributed by atoms with Crippen LogP contribution in [0.25, 0.3) is 0 Å². The molecule has 1 aromatic rings. The number of hydrogen-bond acceptors (Lipinski definition) is 2. The quantitative estimate of drug-likeness (QED) is 0.769. The van der Waals surface area contributed by atoms with Crippen molar-refractivity contribution in [2.45, 2.75) is 19.0 Å². The number of alkyl halides is 1. The van der Waals surface area contributed by atoms with Gasteiger partial charge in [0.2, 0.25) is 0 Å². The van der Waals surface area contributed by atoms with Gasteiger partial charge in [0.1, 0.15) is 6.67 Å². The van der Waals surface area contributed by atoms with E-state index in [1.54, 1.807) is 12.3 Å². The summed E-state index contributed by atoms with van der Waals surface area (Å²) in [6.07, 6.45) is 2.58. The smallest absolute Gasteiger partial charge is 0.116 e. The first-order valence-corrected chi connectivity index (χ1v) is 4.46. The van der Waals surface area contributed by atoms with E-state index in [1.165, 1.54) is 0 Å². The molecular formula is C10H12FNO. The minimum Gasteiger partial charge on any atom is -0.396 e. The first kappa shape index (κ1) is 8.63. The lowest BCUT2D eigenvalue weighted by atomic mass is 10.2. The third kappa shape index (κ3) is 1.70. The van der Waals surface area contributed by atoms with Crippen LogP contribution >= 0.6 is 0 Å². The fourth-order valence-corrected chi connectivity index (χ4v) is 1.55. The molecule has 70 valence electrons. The van der Waals surface area contributed by atoms with Crippen molar-refractivity contribution >= 4 is 0 Å². The average Bonchev–Trinajstić information content (AvgIpc) is 2.97. The highest BCUT2D eigenvalue weighted by molar-refractivity contribution is 5.21. The number of halogens is 1. The molecular weight excluding hydrogens is 169 g/mol. The van der Waals surface area contributed by atoms with Crippen LogP contribution in [0, 0.1) is 5.92 Å². The SMILES string of the molecule is OC[C@H]1C[C@@H]1c1ccc(CF)cn1. The Morgan fingerprint density at radius 2 is 2.38 bits per heavy atom. The third-order valence-corrected chi connectivity index (χ3v) is 2.54. The molecule has 2 atom stereocenters. The Hall–Kier alpha value is -0.960. The van der Waals surface area contributed by atoms with Gasteiger partial charge in [-0.3, -0.25) is 4.98 Å². The Morgan fingerprint density at radius 3 is 2.85 bits per heavy atom. The number of aliphatic hydroxyl groups is 1. The predicted octanol–water partition coefficient (Wildman–Crippen LogP) is 1.65. The van der Waals surface area contributed by atoms with Crippen LogP contribution in [0.1, 0.15) is 23.6 Å². The predicted molar refractivity (Wildman–Crippen MR) is 47.0 cm³/mol. The van der Waals surface area contributed by atoms with Crippen molar-refractivity contribution in [2.24, 2.45) is 5.92 Å². The molecule has 1 N–H and O–H groups in total. The van der Waals surface area contributed by atoms with Gasteiger partial charge in [-0.05, 0) is 18.4 Å². The van der Waals surface area contributed by atoms with E-state index < -0.39 is 6.67 Å². The van der Waals surface area contributed by atoms with Crippen LogP contribution in [0.5, 0.6) is 0 Å². The molecule has 0 aliphatic heterocycles. The van der Waals surface area contributed by atoms with Gasteiger partial charge in [0.15, 0.2) is 0 Å². The molecule has 1 aliphatic carbocycles. The van der Waals surface area contributed by atoms with Gasteiger partial charge in [-0.25, -0.2) is 4.39 Å². The van der Waals surface area contributed by atoms with E-state index in [0.717, 1.165) is 12.1 Å². The largest absolute Gasteiger partial charge is 0.396 e. The fourth-order valence-electron chi connectivity index (χ4n) is 1.55. The Balaban J connectivity index is 2.07. The van der Waals surface area contributed by atoms with Crippen LogP contribution in [0.2, 0.25) is 0 Å². The van der Waals surface area contributed by atoms with Gasteiger partial charge >= 0.3 is 0 Å². The molecule has 0 unspecified atom stereocenters. The second-order valence-electron chi connectivity index (χ2n) is 3.51. The van der Waals surface area contributed by atoms with E-state index >= 15 is 0 Å². The van der Waals surface area contributed by atoms with Crippen molar-refractivity contribution in [3.63, 3.8) is 0 Å². The number of nitrogens with zero attached hydrogens (tertiary/aromatic N) is 1. The highest BCUT2D eigenvalue weighted by atomic mass is 19.1. The minimum atomic E-state index is -0.457. The van der Waals surface area contributed by atoms with Gasteiger partial charge in [-0.15, -0.1) is 0 Å². The number of pyridine rings is 1. The van der Waals surface area contributed by atoms with Crippen LogP contribution in [0.15, 0.2) is 18.3 Å². The molecule has 1 aliphatic rings. The number of aromatic nitrogens is 1. The van der Waals surface area contributed by atoms with Crippen molar-refractivity contribution in [3.8, 4) is 0 Å². The second kappa shape index (κ2) is 3.42. The molecule has 2 rings (SSSR count). The molecule has 1 aromatic heterocycles. The summed E-state index contributed by atoms with van der Waals surface area (Å²) in [5.41, 5.74) is 1.60. The summed E-state index contributed by atoms with van der Waals surface area (Å²) in [6.45, 7) is -0.224. The zero-order valence-electron chi connectivity index (χ0n) is 7.28. The van der Waals surface area contributed by atoms with Crippen LogP contribution in [0.4, 0.5) is 4.39 Å². The van der Waals surface area contributed by atoms with E-state index in [-0.39, 0.29) is 6.61 Å². The molecule has 0 bridgehead atoms. The zero-order valence-corrected chi connectivity index (χ0v) is 7.28. The normalized spacial score (nSPS) is 26.0. The zero-order chi connectivity index (χ0) is 9.26. The van der Waals surface area contributed by atoms with Gasteiger partial charge in [-0.2, -0.15) is 0 Å². The summed E-state index contributed by atoms with van der Waals surface area (Å²) in [6, 6.07) is 3.62. The van der Waals surface area contributed by atoms with Gasteiger partial charge < -0.3 is 5.11 Å². The lowest BCUT2D eigenvalue weighted by Gasteiger charge is -1.98. The molecule has 0 aromatic carbocycles. The van der Waals surface area contributed by atoms with E-state index in [2.05, 4.69) is 4.98 Å².